The van der Waals surface area contributed by atoms with E-state index in [9.17, 15) is 9.59 Å². The molecule has 2 aromatic carbocycles. The van der Waals surface area contributed by atoms with Gasteiger partial charge in [-0.05, 0) is 43.0 Å². The number of rotatable bonds is 4. The Morgan fingerprint density at radius 2 is 1.97 bits per heavy atom. The summed E-state index contributed by atoms with van der Waals surface area (Å²) in [6.45, 7) is 3.72. The van der Waals surface area contributed by atoms with Gasteiger partial charge in [-0.3, -0.25) is 4.57 Å². The van der Waals surface area contributed by atoms with Gasteiger partial charge in [0.2, 0.25) is 0 Å². The zero-order valence-electron chi connectivity index (χ0n) is 17.4. The van der Waals surface area contributed by atoms with E-state index in [1.807, 2.05) is 66.4 Å². The van der Waals surface area contributed by atoms with E-state index >= 15 is 0 Å². The van der Waals surface area contributed by atoms with Crippen LogP contribution in [0.25, 0.3) is 0 Å². The molecule has 1 saturated heterocycles. The number of hydrogen-bond donors (Lipinski definition) is 1. The van der Waals surface area contributed by atoms with Crippen LogP contribution < -0.4 is 11.0 Å². The van der Waals surface area contributed by atoms with Gasteiger partial charge in [-0.1, -0.05) is 42.5 Å². The monoisotopic (exact) mass is 405 g/mol. The van der Waals surface area contributed by atoms with E-state index < -0.39 is 0 Å². The molecule has 1 aromatic heterocycles. The van der Waals surface area contributed by atoms with Crippen molar-refractivity contribution in [1.82, 2.24) is 19.2 Å². The zero-order chi connectivity index (χ0) is 21.1. The fourth-order valence-corrected chi connectivity index (χ4v) is 4.04. The molecule has 0 saturated carbocycles. The van der Waals surface area contributed by atoms with Crippen LogP contribution in [0.15, 0.2) is 59.4 Å². The third kappa shape index (κ3) is 4.30. The van der Waals surface area contributed by atoms with Crippen molar-refractivity contribution >= 4 is 11.7 Å². The maximum absolute atomic E-state index is 12.8. The van der Waals surface area contributed by atoms with E-state index in [0.717, 1.165) is 35.5 Å². The minimum atomic E-state index is -0.129. The lowest BCUT2D eigenvalue weighted by atomic mass is 9.97. The predicted octanol–water partition coefficient (Wildman–Crippen LogP) is 3.35. The number of urea groups is 1. The van der Waals surface area contributed by atoms with Gasteiger partial charge in [0.05, 0.1) is 6.54 Å². The lowest BCUT2D eigenvalue weighted by molar-refractivity contribution is 0.190. The molecule has 0 bridgehead atoms. The van der Waals surface area contributed by atoms with Crippen molar-refractivity contribution in [2.75, 3.05) is 18.4 Å². The highest BCUT2D eigenvalue weighted by molar-refractivity contribution is 5.89. The molecule has 1 unspecified atom stereocenters. The second-order valence-electron chi connectivity index (χ2n) is 7.92. The molecule has 2 heterocycles. The van der Waals surface area contributed by atoms with Crippen molar-refractivity contribution in [3.8, 4) is 0 Å². The quantitative estimate of drug-likeness (QED) is 0.724. The van der Waals surface area contributed by atoms with Crippen LogP contribution in [0.3, 0.4) is 0 Å². The highest BCUT2D eigenvalue weighted by Crippen LogP contribution is 2.26. The van der Waals surface area contributed by atoms with Gasteiger partial charge >= 0.3 is 11.7 Å². The number of anilines is 1. The van der Waals surface area contributed by atoms with Gasteiger partial charge in [0.25, 0.3) is 0 Å². The summed E-state index contributed by atoms with van der Waals surface area (Å²) in [7, 11) is 1.68. The first-order chi connectivity index (χ1) is 14.5. The molecule has 30 heavy (non-hydrogen) atoms. The Bertz CT molecular complexity index is 1090. The number of aromatic nitrogens is 3. The van der Waals surface area contributed by atoms with Crippen LogP contribution >= 0.6 is 0 Å². The average Bonchev–Trinajstić information content (AvgIpc) is 3.03. The van der Waals surface area contributed by atoms with Gasteiger partial charge in [0.1, 0.15) is 5.82 Å². The van der Waals surface area contributed by atoms with E-state index in [0.29, 0.717) is 19.6 Å². The molecular weight excluding hydrogens is 378 g/mol. The number of hydrogen-bond acceptors (Lipinski definition) is 3. The summed E-state index contributed by atoms with van der Waals surface area (Å²) in [6, 6.07) is 17.6. The van der Waals surface area contributed by atoms with Crippen molar-refractivity contribution in [1.29, 1.82) is 0 Å². The first-order valence-corrected chi connectivity index (χ1v) is 10.3. The summed E-state index contributed by atoms with van der Waals surface area (Å²) in [4.78, 5) is 27.3. The minimum Gasteiger partial charge on any atom is -0.324 e. The van der Waals surface area contributed by atoms with E-state index in [1.54, 1.807) is 11.6 Å². The molecule has 1 atom stereocenters. The normalized spacial score (nSPS) is 16.5. The van der Waals surface area contributed by atoms with Crippen molar-refractivity contribution in [3.05, 3.63) is 82.0 Å². The molecule has 0 radical (unpaired) electrons. The molecule has 1 N–H and O–H groups in total. The fourth-order valence-electron chi connectivity index (χ4n) is 4.04. The highest BCUT2D eigenvalue weighted by Gasteiger charge is 2.29. The lowest BCUT2D eigenvalue weighted by Gasteiger charge is -2.32. The molecule has 4 rings (SSSR count). The Balaban J connectivity index is 1.52. The Morgan fingerprint density at radius 1 is 1.17 bits per heavy atom. The standard InChI is InChI=1S/C23H27N5O2/c1-17-8-6-12-20(14-17)24-22(29)27-13-7-11-19(16-27)21-25-26(2)23(30)28(21)15-18-9-4-3-5-10-18/h3-6,8-10,12,14,19H,7,11,13,15-16H2,1-2H3,(H,24,29). The maximum atomic E-state index is 12.8. The van der Waals surface area contributed by atoms with Crippen LogP contribution in [-0.2, 0) is 13.6 Å². The predicted molar refractivity (Wildman–Crippen MR) is 117 cm³/mol. The first-order valence-electron chi connectivity index (χ1n) is 10.3. The molecule has 0 aliphatic carbocycles. The summed E-state index contributed by atoms with van der Waals surface area (Å²) in [6.07, 6.45) is 1.78. The van der Waals surface area contributed by atoms with Crippen LogP contribution in [0.4, 0.5) is 10.5 Å². The smallest absolute Gasteiger partial charge is 0.324 e. The van der Waals surface area contributed by atoms with Gasteiger partial charge in [-0.15, -0.1) is 0 Å². The van der Waals surface area contributed by atoms with Gasteiger partial charge in [-0.25, -0.2) is 14.3 Å². The molecular formula is C23H27N5O2. The van der Waals surface area contributed by atoms with Gasteiger partial charge < -0.3 is 10.2 Å². The van der Waals surface area contributed by atoms with Crippen molar-refractivity contribution < 1.29 is 4.79 Å². The Hall–Kier alpha value is -3.35. The van der Waals surface area contributed by atoms with Gasteiger partial charge in [0.15, 0.2) is 0 Å². The number of nitrogens with one attached hydrogen (secondary N) is 1. The van der Waals surface area contributed by atoms with E-state index in [-0.39, 0.29) is 17.6 Å². The number of nitrogens with zero attached hydrogens (tertiary/aromatic N) is 4. The molecule has 3 aromatic rings. The summed E-state index contributed by atoms with van der Waals surface area (Å²) in [5.41, 5.74) is 2.82. The molecule has 1 aliphatic rings. The molecule has 1 aliphatic heterocycles. The van der Waals surface area contributed by atoms with Crippen molar-refractivity contribution in [2.45, 2.75) is 32.2 Å². The summed E-state index contributed by atoms with van der Waals surface area (Å²) >= 11 is 0. The minimum absolute atomic E-state index is 0.0274. The number of piperidine rings is 1. The van der Waals surface area contributed by atoms with Crippen LogP contribution in [0.1, 0.15) is 35.7 Å². The number of benzene rings is 2. The van der Waals surface area contributed by atoms with Crippen LogP contribution in [0.5, 0.6) is 0 Å². The average molecular weight is 406 g/mol. The molecule has 7 heteroatoms. The van der Waals surface area contributed by atoms with Crippen molar-refractivity contribution in [2.24, 2.45) is 7.05 Å². The van der Waals surface area contributed by atoms with Crippen LogP contribution in [0.2, 0.25) is 0 Å². The summed E-state index contributed by atoms with van der Waals surface area (Å²) in [5.74, 6) is 0.777. The Morgan fingerprint density at radius 3 is 2.73 bits per heavy atom. The highest BCUT2D eigenvalue weighted by atomic mass is 16.2. The molecule has 7 nitrogen and oxygen atoms in total. The molecule has 1 fully saturated rings. The molecule has 156 valence electrons. The molecule has 0 spiro atoms. The number of carbonyl (C=O) groups is 1. The third-order valence-electron chi connectivity index (χ3n) is 5.56. The van der Waals surface area contributed by atoms with Crippen LogP contribution in [-0.4, -0.2) is 38.4 Å². The largest absolute Gasteiger partial charge is 0.345 e. The fraction of sp³-hybridized carbons (Fsp3) is 0.348. The third-order valence-corrected chi connectivity index (χ3v) is 5.56. The zero-order valence-corrected chi connectivity index (χ0v) is 17.4. The second-order valence-corrected chi connectivity index (χ2v) is 7.92. The van der Waals surface area contributed by atoms with E-state index in [1.165, 1.54) is 4.68 Å². The number of likely N-dealkylation sites (tertiary alicyclic amines) is 1. The van der Waals surface area contributed by atoms with Gasteiger partial charge in [-0.2, -0.15) is 5.10 Å². The number of amides is 2. The molecule has 2 amide bonds. The Kier molecular flexibility index (Phi) is 5.70. The lowest BCUT2D eigenvalue weighted by Crippen LogP contribution is -2.42. The van der Waals surface area contributed by atoms with Gasteiger partial charge in [0, 0.05) is 31.7 Å². The Labute approximate surface area is 175 Å². The summed E-state index contributed by atoms with van der Waals surface area (Å²) < 4.78 is 3.13. The van der Waals surface area contributed by atoms with Crippen molar-refractivity contribution in [3.63, 3.8) is 0 Å². The summed E-state index contributed by atoms with van der Waals surface area (Å²) in [5, 5.41) is 7.52. The SMILES string of the molecule is Cc1cccc(NC(=O)N2CCCC(c3nn(C)c(=O)n3Cc3ccccc3)C2)c1. The topological polar surface area (TPSA) is 72.2 Å². The number of carbonyl (C=O) groups excluding carboxylic acids is 1. The second kappa shape index (κ2) is 8.57. The maximum Gasteiger partial charge on any atom is 0.345 e. The first kappa shape index (κ1) is 19.9. The van der Waals surface area contributed by atoms with Crippen LogP contribution in [0, 0.1) is 6.92 Å². The number of aryl methyl sites for hydroxylation is 2. The van der Waals surface area contributed by atoms with E-state index in [4.69, 9.17) is 0 Å². The van der Waals surface area contributed by atoms with E-state index in [2.05, 4.69) is 10.4 Å².